The number of rotatable bonds is 4. The van der Waals surface area contributed by atoms with Crippen LogP contribution in [0, 0.1) is 3.57 Å². The minimum Gasteiger partial charge on any atom is -0.445 e. The highest BCUT2D eigenvalue weighted by molar-refractivity contribution is 14.1. The lowest BCUT2D eigenvalue weighted by Crippen LogP contribution is -2.35. The van der Waals surface area contributed by atoms with Crippen molar-refractivity contribution in [2.24, 2.45) is 0 Å². The van der Waals surface area contributed by atoms with Gasteiger partial charge in [-0.15, -0.1) is 0 Å². The predicted octanol–water partition coefficient (Wildman–Crippen LogP) is 4.21. The Bertz CT molecular complexity index is 621. The van der Waals surface area contributed by atoms with Gasteiger partial charge in [0.25, 0.3) is 0 Å². The molecule has 0 heterocycles. The van der Waals surface area contributed by atoms with E-state index >= 15 is 0 Å². The third-order valence-corrected chi connectivity index (χ3v) is 4.42. The van der Waals surface area contributed by atoms with E-state index in [4.69, 9.17) is 4.74 Å². The van der Waals surface area contributed by atoms with Crippen molar-refractivity contribution < 1.29 is 9.53 Å². The molecule has 3 nitrogen and oxygen atoms in total. The summed E-state index contributed by atoms with van der Waals surface area (Å²) in [7, 11) is 0. The molecule has 0 radical (unpaired) electrons. The largest absolute Gasteiger partial charge is 0.445 e. The highest BCUT2D eigenvalue weighted by atomic mass is 127. The normalized spacial score (nSPS) is 15.3. The van der Waals surface area contributed by atoms with Gasteiger partial charge in [0.1, 0.15) is 6.61 Å². The van der Waals surface area contributed by atoms with Gasteiger partial charge in [-0.05, 0) is 58.7 Å². The summed E-state index contributed by atoms with van der Waals surface area (Å²) in [5, 5.41) is 3.01. The second kappa shape index (κ2) is 6.05. The first-order valence-corrected chi connectivity index (χ1v) is 8.01. The van der Waals surface area contributed by atoms with E-state index in [9.17, 15) is 4.79 Å². The average molecular weight is 393 g/mol. The minimum absolute atomic E-state index is 0.224. The second-order valence-electron chi connectivity index (χ2n) is 5.28. The summed E-state index contributed by atoms with van der Waals surface area (Å²) >= 11 is 2.28. The van der Waals surface area contributed by atoms with Gasteiger partial charge in [0.15, 0.2) is 0 Å². The van der Waals surface area contributed by atoms with Gasteiger partial charge in [-0.25, -0.2) is 4.79 Å². The zero-order valence-electron chi connectivity index (χ0n) is 11.5. The Labute approximate surface area is 137 Å². The smallest absolute Gasteiger partial charge is 0.408 e. The monoisotopic (exact) mass is 393 g/mol. The van der Waals surface area contributed by atoms with Gasteiger partial charge in [0, 0.05) is 3.57 Å². The molecule has 21 heavy (non-hydrogen) atoms. The molecular weight excluding hydrogens is 377 g/mol. The first-order chi connectivity index (χ1) is 10.2. The first-order valence-electron chi connectivity index (χ1n) is 6.93. The fourth-order valence-electron chi connectivity index (χ4n) is 2.33. The summed E-state index contributed by atoms with van der Waals surface area (Å²) in [4.78, 5) is 12.0. The molecule has 1 aliphatic carbocycles. The summed E-state index contributed by atoms with van der Waals surface area (Å²) < 4.78 is 6.49. The number of halogens is 1. The van der Waals surface area contributed by atoms with Gasteiger partial charge in [0.2, 0.25) is 0 Å². The molecule has 0 saturated heterocycles. The van der Waals surface area contributed by atoms with Crippen LogP contribution in [0.1, 0.15) is 24.0 Å². The van der Waals surface area contributed by atoms with Crippen molar-refractivity contribution >= 4 is 28.7 Å². The number of carbonyl (C=O) groups is 1. The Morgan fingerprint density at radius 2 is 1.76 bits per heavy atom. The summed E-state index contributed by atoms with van der Waals surface area (Å²) in [5.41, 5.74) is 1.92. The van der Waals surface area contributed by atoms with Crippen LogP contribution in [0.15, 0.2) is 54.6 Å². The lowest BCUT2D eigenvalue weighted by molar-refractivity contribution is 0.134. The lowest BCUT2D eigenvalue weighted by Gasteiger charge is -2.18. The van der Waals surface area contributed by atoms with Crippen LogP contribution in [0.4, 0.5) is 4.79 Å². The molecule has 0 unspecified atom stereocenters. The van der Waals surface area contributed by atoms with Crippen molar-refractivity contribution in [3.8, 4) is 0 Å². The molecule has 1 amide bonds. The summed E-state index contributed by atoms with van der Waals surface area (Å²) in [5.74, 6) is 0. The molecule has 0 aliphatic heterocycles. The van der Waals surface area contributed by atoms with Crippen LogP contribution in [0.3, 0.4) is 0 Å². The number of nitrogens with one attached hydrogen (secondary N) is 1. The second-order valence-corrected chi connectivity index (χ2v) is 6.52. The molecule has 1 fully saturated rings. The fraction of sp³-hybridized carbons (Fsp3) is 0.235. The molecule has 1 N–H and O–H groups in total. The highest BCUT2D eigenvalue weighted by Crippen LogP contribution is 2.45. The van der Waals surface area contributed by atoms with Crippen LogP contribution in [-0.2, 0) is 16.9 Å². The van der Waals surface area contributed by atoms with E-state index in [1.54, 1.807) is 0 Å². The number of amides is 1. The van der Waals surface area contributed by atoms with Crippen molar-refractivity contribution in [1.29, 1.82) is 0 Å². The third-order valence-electron chi connectivity index (χ3n) is 3.70. The van der Waals surface area contributed by atoms with E-state index < -0.39 is 0 Å². The van der Waals surface area contributed by atoms with E-state index in [2.05, 4.69) is 52.2 Å². The molecule has 4 heteroatoms. The van der Waals surface area contributed by atoms with Gasteiger partial charge >= 0.3 is 6.09 Å². The Morgan fingerprint density at radius 1 is 1.10 bits per heavy atom. The Hall–Kier alpha value is -1.56. The van der Waals surface area contributed by atoms with Crippen LogP contribution in [0.25, 0.3) is 0 Å². The number of alkyl carbamates (subject to hydrolysis) is 1. The zero-order chi connectivity index (χ0) is 14.7. The lowest BCUT2D eigenvalue weighted by atomic mass is 10.1. The molecule has 0 bridgehead atoms. The van der Waals surface area contributed by atoms with Crippen LogP contribution in [0.2, 0.25) is 0 Å². The molecule has 2 aromatic carbocycles. The Balaban J connectivity index is 1.58. The maximum Gasteiger partial charge on any atom is 0.408 e. The number of hydrogen-bond acceptors (Lipinski definition) is 2. The zero-order valence-corrected chi connectivity index (χ0v) is 13.7. The van der Waals surface area contributed by atoms with E-state index in [1.165, 1.54) is 3.57 Å². The summed E-state index contributed by atoms with van der Waals surface area (Å²) in [6, 6.07) is 18.0. The van der Waals surface area contributed by atoms with Gasteiger partial charge in [-0.1, -0.05) is 42.5 Å². The van der Waals surface area contributed by atoms with Crippen LogP contribution in [0.5, 0.6) is 0 Å². The van der Waals surface area contributed by atoms with Gasteiger partial charge in [0.05, 0.1) is 5.54 Å². The first kappa shape index (κ1) is 14.4. The summed E-state index contributed by atoms with van der Waals surface area (Å²) in [6.45, 7) is 0.301. The number of benzene rings is 2. The summed E-state index contributed by atoms with van der Waals surface area (Å²) in [6.07, 6.45) is 1.58. The molecule has 108 valence electrons. The number of carbonyl (C=O) groups excluding carboxylic acids is 1. The van der Waals surface area contributed by atoms with Crippen molar-refractivity contribution in [1.82, 2.24) is 5.32 Å². The van der Waals surface area contributed by atoms with Crippen molar-refractivity contribution in [2.75, 3.05) is 0 Å². The van der Waals surface area contributed by atoms with Crippen LogP contribution < -0.4 is 5.32 Å². The molecule has 3 rings (SSSR count). The average Bonchev–Trinajstić information content (AvgIpc) is 3.27. The maximum atomic E-state index is 12.0. The van der Waals surface area contributed by atoms with E-state index in [1.807, 2.05) is 30.3 Å². The molecule has 1 aliphatic rings. The fourth-order valence-corrected chi connectivity index (χ4v) is 2.69. The molecule has 1 saturated carbocycles. The highest BCUT2D eigenvalue weighted by Gasteiger charge is 2.46. The van der Waals surface area contributed by atoms with E-state index in [-0.39, 0.29) is 11.6 Å². The minimum atomic E-state index is -0.352. The number of ether oxygens (including phenoxy) is 1. The number of hydrogen-bond donors (Lipinski definition) is 1. The van der Waals surface area contributed by atoms with E-state index in [0.717, 1.165) is 24.0 Å². The van der Waals surface area contributed by atoms with Crippen molar-refractivity contribution in [3.63, 3.8) is 0 Å². The standard InChI is InChI=1S/C17H16INO2/c18-15-8-6-14(7-9-15)17(10-11-17)19-16(20)21-12-13-4-2-1-3-5-13/h1-9H,10-12H2,(H,19,20). The van der Waals surface area contributed by atoms with Gasteiger partial charge in [-0.3, -0.25) is 0 Å². The molecular formula is C17H16INO2. The molecule has 0 spiro atoms. The SMILES string of the molecule is O=C(NC1(c2ccc(I)cc2)CC1)OCc1ccccc1. The topological polar surface area (TPSA) is 38.3 Å². The predicted molar refractivity (Wildman–Crippen MR) is 89.8 cm³/mol. The molecule has 0 aromatic heterocycles. The maximum absolute atomic E-state index is 12.0. The molecule has 0 atom stereocenters. The van der Waals surface area contributed by atoms with Crippen molar-refractivity contribution in [2.45, 2.75) is 25.0 Å². The Kier molecular flexibility index (Phi) is 4.14. The Morgan fingerprint density at radius 3 is 2.38 bits per heavy atom. The van der Waals surface area contributed by atoms with Gasteiger partial charge < -0.3 is 10.1 Å². The molecule has 2 aromatic rings. The third kappa shape index (κ3) is 3.56. The van der Waals surface area contributed by atoms with Crippen LogP contribution >= 0.6 is 22.6 Å². The van der Waals surface area contributed by atoms with E-state index in [0.29, 0.717) is 6.61 Å². The van der Waals surface area contributed by atoms with Crippen molar-refractivity contribution in [3.05, 3.63) is 69.3 Å². The van der Waals surface area contributed by atoms with Gasteiger partial charge in [-0.2, -0.15) is 0 Å². The van der Waals surface area contributed by atoms with Crippen LogP contribution in [-0.4, -0.2) is 6.09 Å². The quantitative estimate of drug-likeness (QED) is 0.791.